The van der Waals surface area contributed by atoms with Crippen LogP contribution in [0, 0.1) is 0 Å². The van der Waals surface area contributed by atoms with Crippen LogP contribution in [-0.2, 0) is 50.4 Å². The van der Waals surface area contributed by atoms with E-state index in [1.54, 1.807) is 0 Å². The first-order valence-corrected chi connectivity index (χ1v) is 32.7. The average molecular weight is 1110 g/mol. The van der Waals surface area contributed by atoms with E-state index in [2.05, 4.69) is 185 Å². The van der Waals surface area contributed by atoms with Crippen LogP contribution in [0.5, 0.6) is 23.0 Å². The minimum Gasteiger partial charge on any atom is -0.589 e. The molecule has 0 fully saturated rings. The van der Waals surface area contributed by atoms with E-state index in [0.29, 0.717) is 49.2 Å². The average Bonchev–Trinajstić information content (AvgIpc) is 3.52. The molecule has 2 heterocycles. The molecule has 428 valence electrons. The Morgan fingerprint density at radius 2 is 0.772 bits per heavy atom. The molecule has 2 aliphatic heterocycles. The Morgan fingerprint density at radius 3 is 1.08 bits per heavy atom. The monoisotopic (exact) mass is 1110 g/mol. The fourth-order valence-corrected chi connectivity index (χ4v) is 14.1. The normalized spacial score (nSPS) is 14.9. The van der Waals surface area contributed by atoms with E-state index in [1.807, 2.05) is 24.9 Å². The van der Waals surface area contributed by atoms with Crippen molar-refractivity contribution in [3.63, 3.8) is 0 Å². The van der Waals surface area contributed by atoms with Crippen LogP contribution < -0.4 is 15.2 Å². The van der Waals surface area contributed by atoms with Gasteiger partial charge < -0.3 is 22.5 Å². The lowest BCUT2D eigenvalue weighted by Crippen LogP contribution is -2.48. The second-order valence-electron chi connectivity index (χ2n) is 26.0. The highest BCUT2D eigenvalue weighted by Crippen LogP contribution is 2.42. The molecule has 0 atom stereocenters. The van der Waals surface area contributed by atoms with Gasteiger partial charge in [0, 0.05) is 59.2 Å². The second kappa shape index (κ2) is 27.6. The van der Waals surface area contributed by atoms with Crippen molar-refractivity contribution in [2.45, 2.75) is 192 Å². The molecule has 0 spiro atoms. The van der Waals surface area contributed by atoms with Crippen LogP contribution in [-0.4, -0.2) is 123 Å². The molecule has 11 nitrogen and oxygen atoms in total. The van der Waals surface area contributed by atoms with Crippen molar-refractivity contribution >= 4 is 55.2 Å². The Labute approximate surface area is 488 Å². The Balaban J connectivity index is 1.71. The molecule has 0 aromatic heterocycles. The van der Waals surface area contributed by atoms with Gasteiger partial charge >= 0.3 is 30.3 Å². The molecule has 0 saturated carbocycles. The SMILES string of the molecule is CCCC[N+](CC)(CC)Cc1cc2c(c(C(C)(C)C)c1)[O][Al]([O][Al]1[O]c3c(cc(CC)cc3C(C)(C)C)C=NCCN=Cc3cc(CC)cc(C(C)(C)C)c3[O]1)[O]c1c(cc(CN(CC)CC)cc1C(C)(C)C)C=NCCN=C2. The van der Waals surface area contributed by atoms with Crippen molar-refractivity contribution in [2.24, 2.45) is 20.0 Å². The molecule has 0 N–H and O–H groups in total. The third-order valence-corrected chi connectivity index (χ3v) is 19.1. The maximum absolute atomic E-state index is 7.73. The van der Waals surface area contributed by atoms with E-state index in [9.17, 15) is 0 Å². The zero-order valence-electron chi connectivity index (χ0n) is 52.4. The number of hydrogen-bond donors (Lipinski definition) is 0. The van der Waals surface area contributed by atoms with Crippen molar-refractivity contribution < 1.29 is 22.5 Å². The molecule has 6 rings (SSSR count). The fourth-order valence-electron chi connectivity index (χ4n) is 10.5. The third kappa shape index (κ3) is 16.9. The standard InChI is InChI=1S/C38H62N4O2.C28H40N2O2.2Al.O/c1-12-17-20-42(15-4,16-5)28-30-22-32(36(44)34(24-30)38(9,10)11)26-40-19-18-39-25-31-21-29(27-41(13-2)14-3)23-33(35(31)43)37(6,7)8;1-9-19-13-21(25(31)23(15-19)27(3,4)5)17-29-11-12-30-18-22-14-20(10-2)16-24(26(22)32)28(6,7)8;;;/h21-26H,12-20,27-28H2,1-11H3,(H-,39,40,43,44);13-18,31-32H,9-12H2,1-8H3;;;/q;;2*+2;/p-3. The van der Waals surface area contributed by atoms with Gasteiger partial charge in [0.1, 0.15) is 6.54 Å². The molecule has 0 saturated heterocycles. The van der Waals surface area contributed by atoms with Gasteiger partial charge in [0.2, 0.25) is 0 Å². The van der Waals surface area contributed by atoms with Crippen molar-refractivity contribution in [2.75, 3.05) is 58.9 Å². The molecule has 0 aliphatic carbocycles. The number of rotatable bonds is 15. The largest absolute Gasteiger partial charge is 1.07 e. The van der Waals surface area contributed by atoms with Gasteiger partial charge in [0.15, 0.2) is 0 Å². The van der Waals surface area contributed by atoms with Crippen molar-refractivity contribution in [1.29, 1.82) is 0 Å². The Bertz CT molecular complexity index is 2720. The van der Waals surface area contributed by atoms with Crippen LogP contribution in [0.25, 0.3) is 0 Å². The highest BCUT2D eigenvalue weighted by atomic mass is 27.3. The van der Waals surface area contributed by atoms with E-state index in [-0.39, 0.29) is 21.7 Å². The number of unbranched alkanes of at least 4 members (excludes halogenated alkanes) is 1. The van der Waals surface area contributed by atoms with Crippen LogP contribution >= 0.6 is 0 Å². The maximum Gasteiger partial charge on any atom is 1.07 e. The first-order valence-electron chi connectivity index (χ1n) is 29.9. The van der Waals surface area contributed by atoms with Crippen LogP contribution in [0.4, 0.5) is 0 Å². The molecule has 4 aromatic rings. The molecule has 0 radical (unpaired) electrons. The summed E-state index contributed by atoms with van der Waals surface area (Å²) in [5.41, 5.74) is 11.3. The van der Waals surface area contributed by atoms with Crippen molar-refractivity contribution in [3.05, 3.63) is 115 Å². The number of nitrogens with zero attached hydrogens (tertiary/aromatic N) is 6. The highest BCUT2D eigenvalue weighted by molar-refractivity contribution is 6.54. The third-order valence-electron chi connectivity index (χ3n) is 15.6. The summed E-state index contributed by atoms with van der Waals surface area (Å²) in [5.74, 6) is 2.79. The molecule has 0 bridgehead atoms. The van der Waals surface area contributed by atoms with Crippen LogP contribution in [0.2, 0.25) is 0 Å². The fraction of sp³-hybridized carbons (Fsp3) is 0.576. The quantitative estimate of drug-likeness (QED) is 0.0869. The van der Waals surface area contributed by atoms with Crippen LogP contribution in [0.3, 0.4) is 0 Å². The number of fused-ring (bicyclic) bond motifs is 4. The van der Waals surface area contributed by atoms with E-state index >= 15 is 0 Å². The lowest BCUT2D eigenvalue weighted by Gasteiger charge is -2.38. The van der Waals surface area contributed by atoms with Crippen molar-refractivity contribution in [3.8, 4) is 23.0 Å². The molecule has 2 aliphatic rings. The zero-order valence-corrected chi connectivity index (χ0v) is 54.7. The molecular weight excluding hydrogens is 1010 g/mol. The van der Waals surface area contributed by atoms with E-state index in [0.717, 1.165) is 114 Å². The van der Waals surface area contributed by atoms with Gasteiger partial charge in [-0.2, -0.15) is 0 Å². The summed E-state index contributed by atoms with van der Waals surface area (Å²) in [4.78, 5) is 22.6. The summed E-state index contributed by atoms with van der Waals surface area (Å²) in [6.07, 6.45) is 11.9. The summed E-state index contributed by atoms with van der Waals surface area (Å²) in [6.45, 7) is 51.6. The van der Waals surface area contributed by atoms with Gasteiger partial charge in [0.25, 0.3) is 0 Å². The number of quaternary nitrogens is 1. The summed E-state index contributed by atoms with van der Waals surface area (Å²) in [6, 6.07) is 18.2. The molecule has 4 aromatic carbocycles. The van der Waals surface area contributed by atoms with Crippen LogP contribution in [0.15, 0.2) is 68.5 Å². The van der Waals surface area contributed by atoms with Gasteiger partial charge in [-0.15, -0.1) is 0 Å². The zero-order chi connectivity index (χ0) is 57.9. The summed E-state index contributed by atoms with van der Waals surface area (Å²) in [7, 11) is 0. The molecule has 79 heavy (non-hydrogen) atoms. The first-order chi connectivity index (χ1) is 37.3. The number of aliphatic imine (C=N–C) groups is 4. The second-order valence-corrected chi connectivity index (χ2v) is 29.1. The lowest BCUT2D eigenvalue weighted by molar-refractivity contribution is -0.938. The van der Waals surface area contributed by atoms with Crippen molar-refractivity contribution in [1.82, 2.24) is 4.90 Å². The van der Waals surface area contributed by atoms with E-state index in [4.69, 9.17) is 38.0 Å². The van der Waals surface area contributed by atoms with Gasteiger partial charge in [-0.25, -0.2) is 0 Å². The molecule has 0 unspecified atom stereocenters. The summed E-state index contributed by atoms with van der Waals surface area (Å²) >= 11 is -7.06. The van der Waals surface area contributed by atoms with Gasteiger partial charge in [-0.05, 0) is 137 Å². The van der Waals surface area contributed by atoms with Gasteiger partial charge in [0.05, 0.1) is 68.8 Å². The minimum absolute atomic E-state index is 0.317. The number of hydrogen-bond acceptors (Lipinski definition) is 10. The van der Waals surface area contributed by atoms with Gasteiger partial charge in [-0.3, -0.25) is 24.9 Å². The van der Waals surface area contributed by atoms with Crippen LogP contribution in [0.1, 0.15) is 211 Å². The summed E-state index contributed by atoms with van der Waals surface area (Å²) < 4.78 is 39.4. The Kier molecular flexibility index (Phi) is 22.4. The predicted octanol–water partition coefficient (Wildman–Crippen LogP) is 14.3. The number of benzene rings is 4. The van der Waals surface area contributed by atoms with E-state index in [1.165, 1.54) is 28.7 Å². The smallest absolute Gasteiger partial charge is 0.589 e. The number of aryl methyl sites for hydroxylation is 2. The summed E-state index contributed by atoms with van der Waals surface area (Å²) in [5, 5.41) is 0. The lowest BCUT2D eigenvalue weighted by atomic mass is 9.84. The minimum atomic E-state index is -3.55. The molecule has 13 heteroatoms. The highest BCUT2D eigenvalue weighted by Gasteiger charge is 2.55. The Morgan fingerprint density at radius 1 is 0.456 bits per heavy atom. The molecular formula is C66H99Al2N6O5+. The predicted molar refractivity (Wildman–Crippen MR) is 336 cm³/mol. The maximum atomic E-state index is 7.73. The molecule has 0 amide bonds. The topological polar surface area (TPSA) is 98.8 Å². The Hall–Kier alpha value is -4.30. The van der Waals surface area contributed by atoms with Gasteiger partial charge in [-0.1, -0.05) is 142 Å². The first kappa shape index (κ1) is 63.9. The van der Waals surface area contributed by atoms with E-state index < -0.39 is 30.3 Å².